The lowest BCUT2D eigenvalue weighted by atomic mass is 10.1. The number of allylic oxidation sites excluding steroid dienone is 2. The maximum absolute atomic E-state index is 8.80. The Balaban J connectivity index is 0.000000686. The Morgan fingerprint density at radius 2 is 1.88 bits per heavy atom. The van der Waals surface area contributed by atoms with Gasteiger partial charge in [0.1, 0.15) is 12.8 Å². The molecule has 1 unspecified atom stereocenters. The van der Waals surface area contributed by atoms with E-state index in [1.54, 1.807) is 6.08 Å². The average molecular weight is 227 g/mol. The molecule has 1 aromatic carbocycles. The van der Waals surface area contributed by atoms with Gasteiger partial charge in [0, 0.05) is 11.8 Å². The van der Waals surface area contributed by atoms with E-state index in [-0.39, 0.29) is 6.04 Å². The highest BCUT2D eigenvalue weighted by molar-refractivity contribution is 5.99. The molecule has 1 aliphatic rings. The molecular weight excluding hydrogens is 214 g/mol. The minimum atomic E-state index is -0.0672. The third-order valence-electron chi connectivity index (χ3n) is 2.21. The number of nitrogens with one attached hydrogen (secondary N) is 1. The minimum Gasteiger partial charge on any atom is -0.369 e. The molecule has 0 saturated heterocycles. The molecule has 17 heavy (non-hydrogen) atoms. The van der Waals surface area contributed by atoms with Crippen molar-refractivity contribution < 1.29 is 9.58 Å². The third kappa shape index (κ3) is 3.55. The van der Waals surface area contributed by atoms with Gasteiger partial charge in [-0.2, -0.15) is 4.79 Å². The molecular formula is C13H13N3O. The van der Waals surface area contributed by atoms with Crippen LogP contribution in [-0.2, 0) is 4.79 Å². The van der Waals surface area contributed by atoms with Crippen LogP contribution in [0.5, 0.6) is 0 Å². The molecule has 0 amide bonds. The summed E-state index contributed by atoms with van der Waals surface area (Å²) >= 11 is 0. The van der Waals surface area contributed by atoms with E-state index >= 15 is 0 Å². The van der Waals surface area contributed by atoms with Crippen LogP contribution in [0.3, 0.4) is 0 Å². The lowest BCUT2D eigenvalue weighted by molar-refractivity contribution is -0.0979. The number of anilines is 1. The summed E-state index contributed by atoms with van der Waals surface area (Å²) in [6, 6.07) is 9.76. The predicted octanol–water partition coefficient (Wildman–Crippen LogP) is 2.08. The lowest BCUT2D eigenvalue weighted by Gasteiger charge is -2.12. The van der Waals surface area contributed by atoms with Crippen molar-refractivity contribution in [2.45, 2.75) is 6.04 Å². The molecule has 1 aliphatic carbocycles. The quantitative estimate of drug-likeness (QED) is 0.621. The van der Waals surface area contributed by atoms with Gasteiger partial charge in [0.05, 0.1) is 0 Å². The minimum absolute atomic E-state index is 0.0672. The number of rotatable bonds is 2. The highest BCUT2D eigenvalue weighted by Gasteiger charge is 2.19. The smallest absolute Gasteiger partial charge is 0.317 e. The van der Waals surface area contributed by atoms with E-state index in [1.807, 2.05) is 55.3 Å². The Labute approximate surface area is 99.9 Å². The zero-order valence-electron chi connectivity index (χ0n) is 9.28. The average Bonchev–Trinajstić information content (AvgIpc) is 2.43. The van der Waals surface area contributed by atoms with E-state index in [9.17, 15) is 0 Å². The summed E-state index contributed by atoms with van der Waals surface area (Å²) in [6.07, 6.45) is 7.50. The molecule has 2 rings (SSSR count). The molecule has 0 aromatic heterocycles. The normalized spacial score (nSPS) is 16.7. The monoisotopic (exact) mass is 227 g/mol. The van der Waals surface area contributed by atoms with E-state index < -0.39 is 0 Å². The Kier molecular flexibility index (Phi) is 5.14. The number of carbonyl (C=O) groups excluding carboxylic acids is 1. The van der Waals surface area contributed by atoms with Gasteiger partial charge in [-0.1, -0.05) is 36.4 Å². The van der Waals surface area contributed by atoms with Crippen LogP contribution in [0.1, 0.15) is 0 Å². The largest absolute Gasteiger partial charge is 0.369 e. The summed E-state index contributed by atoms with van der Waals surface area (Å²) in [5, 5.41) is 3.25. The molecule has 4 nitrogen and oxygen atoms in total. The molecule has 0 heterocycles. The van der Waals surface area contributed by atoms with Gasteiger partial charge in [0.25, 0.3) is 0 Å². The lowest BCUT2D eigenvalue weighted by Crippen LogP contribution is -2.28. The van der Waals surface area contributed by atoms with Gasteiger partial charge < -0.3 is 15.6 Å². The van der Waals surface area contributed by atoms with Crippen molar-refractivity contribution in [1.82, 2.24) is 0 Å². The van der Waals surface area contributed by atoms with Crippen molar-refractivity contribution in [3.63, 3.8) is 0 Å². The zero-order chi connectivity index (χ0) is 12.5. The topological polar surface area (TPSA) is 65.5 Å². The number of nitrogens with zero attached hydrogens (tertiary/aromatic N) is 2. The first-order chi connectivity index (χ1) is 8.40. The maximum Gasteiger partial charge on any atom is 0.317 e. The van der Waals surface area contributed by atoms with E-state index in [4.69, 9.17) is 10.3 Å². The van der Waals surface area contributed by atoms with Crippen LogP contribution in [0.4, 0.5) is 5.69 Å². The van der Waals surface area contributed by atoms with E-state index in [0.29, 0.717) is 5.71 Å². The number of para-hydroxylation sites is 1. The van der Waals surface area contributed by atoms with Gasteiger partial charge in [-0.05, 0) is 12.1 Å². The van der Waals surface area contributed by atoms with Crippen molar-refractivity contribution in [3.8, 4) is 0 Å². The molecule has 0 bridgehead atoms. The zero-order valence-corrected chi connectivity index (χ0v) is 9.28. The maximum atomic E-state index is 8.80. The van der Waals surface area contributed by atoms with E-state index in [0.717, 1.165) is 5.69 Å². The SMILES string of the molecule is C=O.[N-]=[N+]=C1C=CC=CC1Nc1ccccc1. The first-order valence-electron chi connectivity index (χ1n) is 5.07. The summed E-state index contributed by atoms with van der Waals surface area (Å²) < 4.78 is 0. The Morgan fingerprint density at radius 1 is 1.18 bits per heavy atom. The number of hydrogen-bond donors (Lipinski definition) is 1. The number of hydrogen-bond acceptors (Lipinski definition) is 2. The van der Waals surface area contributed by atoms with Crippen molar-refractivity contribution in [1.29, 1.82) is 0 Å². The summed E-state index contributed by atoms with van der Waals surface area (Å²) in [5.74, 6) is 0. The molecule has 0 radical (unpaired) electrons. The second kappa shape index (κ2) is 6.93. The van der Waals surface area contributed by atoms with Gasteiger partial charge in [0.2, 0.25) is 0 Å². The molecule has 1 aromatic rings. The molecule has 0 saturated carbocycles. The second-order valence-electron chi connectivity index (χ2n) is 3.26. The Bertz CT molecular complexity index is 459. The van der Waals surface area contributed by atoms with Crippen LogP contribution in [0.2, 0.25) is 0 Å². The fourth-order valence-corrected chi connectivity index (χ4v) is 1.46. The van der Waals surface area contributed by atoms with Crippen LogP contribution < -0.4 is 5.32 Å². The molecule has 86 valence electrons. The summed E-state index contributed by atoms with van der Waals surface area (Å²) in [5.41, 5.74) is 10.4. The molecule has 0 aliphatic heterocycles. The Hall–Kier alpha value is -2.45. The summed E-state index contributed by atoms with van der Waals surface area (Å²) in [4.78, 5) is 11.2. The van der Waals surface area contributed by atoms with Gasteiger partial charge in [0.15, 0.2) is 0 Å². The highest BCUT2D eigenvalue weighted by atomic mass is 16.1. The van der Waals surface area contributed by atoms with Crippen molar-refractivity contribution >= 4 is 18.2 Å². The number of benzene rings is 1. The first-order valence-corrected chi connectivity index (χ1v) is 5.07. The molecule has 0 spiro atoms. The summed E-state index contributed by atoms with van der Waals surface area (Å²) in [7, 11) is 0. The first kappa shape index (κ1) is 12.6. The second-order valence-corrected chi connectivity index (χ2v) is 3.26. The third-order valence-corrected chi connectivity index (χ3v) is 2.21. The van der Waals surface area contributed by atoms with Crippen LogP contribution in [0.25, 0.3) is 5.53 Å². The standard InChI is InChI=1S/C12H11N3.CH2O/c13-15-12-9-5-4-8-11(12)14-10-6-2-1-3-7-10;1-2/h1-9,11,14H;1H2. The van der Waals surface area contributed by atoms with Crippen LogP contribution in [-0.4, -0.2) is 23.3 Å². The molecule has 4 heteroatoms. The van der Waals surface area contributed by atoms with Gasteiger partial charge in [-0.15, -0.1) is 0 Å². The fourth-order valence-electron chi connectivity index (χ4n) is 1.46. The van der Waals surface area contributed by atoms with Crippen LogP contribution >= 0.6 is 0 Å². The molecule has 1 N–H and O–H groups in total. The van der Waals surface area contributed by atoms with Crippen molar-refractivity contribution in [3.05, 3.63) is 60.2 Å². The van der Waals surface area contributed by atoms with Crippen LogP contribution in [0.15, 0.2) is 54.6 Å². The van der Waals surface area contributed by atoms with Crippen molar-refractivity contribution in [2.75, 3.05) is 5.32 Å². The van der Waals surface area contributed by atoms with Gasteiger partial charge in [-0.25, -0.2) is 0 Å². The molecule has 1 atom stereocenters. The number of carbonyl (C=O) groups is 1. The van der Waals surface area contributed by atoms with E-state index in [1.165, 1.54) is 0 Å². The fraction of sp³-hybridized carbons (Fsp3) is 0.0769. The molecule has 0 fully saturated rings. The van der Waals surface area contributed by atoms with Crippen molar-refractivity contribution in [2.24, 2.45) is 0 Å². The predicted molar refractivity (Wildman–Crippen MR) is 67.9 cm³/mol. The summed E-state index contributed by atoms with van der Waals surface area (Å²) in [6.45, 7) is 2.00. The van der Waals surface area contributed by atoms with Gasteiger partial charge in [-0.3, -0.25) is 0 Å². The van der Waals surface area contributed by atoms with E-state index in [2.05, 4.69) is 10.1 Å². The van der Waals surface area contributed by atoms with Gasteiger partial charge >= 0.3 is 5.71 Å². The highest BCUT2D eigenvalue weighted by Crippen LogP contribution is 2.10. The van der Waals surface area contributed by atoms with Crippen LogP contribution in [0, 0.1) is 0 Å². The Morgan fingerprint density at radius 3 is 2.53 bits per heavy atom.